The fourth-order valence-electron chi connectivity index (χ4n) is 1.69. The standard InChI is InChI=1S/C14H18N2O3Si/c1-14(11-15,19-20(2,3)4)10-9-12-5-7-13(8-6-12)16(17)18/h5-10H,1-4H3/b10-9+/t14-/m0/s1. The lowest BCUT2D eigenvalue weighted by Gasteiger charge is -2.27. The Bertz CT molecular complexity index is 555. The largest absolute Gasteiger partial charge is 0.397 e. The van der Waals surface area contributed by atoms with Crippen molar-refractivity contribution in [3.8, 4) is 6.07 Å². The quantitative estimate of drug-likeness (QED) is 0.470. The normalized spacial score (nSPS) is 14.8. The molecular weight excluding hydrogens is 272 g/mol. The Kier molecular flexibility index (Phi) is 4.81. The fraction of sp³-hybridized carbons (Fsp3) is 0.357. The van der Waals surface area contributed by atoms with Crippen LogP contribution in [0.2, 0.25) is 19.6 Å². The summed E-state index contributed by atoms with van der Waals surface area (Å²) in [7, 11) is -1.84. The molecular formula is C14H18N2O3Si. The lowest BCUT2D eigenvalue weighted by molar-refractivity contribution is -0.384. The second-order valence-electron chi connectivity index (χ2n) is 5.62. The maximum Gasteiger partial charge on any atom is 0.269 e. The highest BCUT2D eigenvalue weighted by Crippen LogP contribution is 2.20. The molecule has 1 rings (SSSR count). The number of nitro groups is 1. The molecule has 0 radical (unpaired) electrons. The van der Waals surface area contributed by atoms with Crippen molar-refractivity contribution in [3.05, 3.63) is 46.0 Å². The number of hydrogen-bond donors (Lipinski definition) is 0. The molecule has 0 spiro atoms. The van der Waals surface area contributed by atoms with Crippen LogP contribution in [0, 0.1) is 21.4 Å². The zero-order valence-electron chi connectivity index (χ0n) is 12.1. The highest BCUT2D eigenvalue weighted by Gasteiger charge is 2.29. The third kappa shape index (κ3) is 4.95. The summed E-state index contributed by atoms with van der Waals surface area (Å²) < 4.78 is 5.84. The number of nitro benzene ring substituents is 1. The van der Waals surface area contributed by atoms with Gasteiger partial charge in [0.25, 0.3) is 5.69 Å². The van der Waals surface area contributed by atoms with E-state index in [4.69, 9.17) is 4.43 Å². The van der Waals surface area contributed by atoms with Gasteiger partial charge in [0.15, 0.2) is 13.9 Å². The summed E-state index contributed by atoms with van der Waals surface area (Å²) in [5.41, 5.74) is -0.147. The van der Waals surface area contributed by atoms with Crippen molar-refractivity contribution in [3.63, 3.8) is 0 Å². The van der Waals surface area contributed by atoms with E-state index in [9.17, 15) is 15.4 Å². The van der Waals surface area contributed by atoms with Gasteiger partial charge >= 0.3 is 0 Å². The number of non-ortho nitro benzene ring substituents is 1. The predicted octanol–water partition coefficient (Wildman–Crippen LogP) is 3.74. The van der Waals surface area contributed by atoms with E-state index >= 15 is 0 Å². The van der Waals surface area contributed by atoms with Crippen LogP contribution in [0.3, 0.4) is 0 Å². The zero-order chi connectivity index (χ0) is 15.4. The number of nitriles is 1. The second kappa shape index (κ2) is 5.99. The van der Waals surface area contributed by atoms with Crippen molar-refractivity contribution in [2.45, 2.75) is 32.2 Å². The Labute approximate surface area is 119 Å². The van der Waals surface area contributed by atoms with Crippen molar-refractivity contribution >= 4 is 20.1 Å². The summed E-state index contributed by atoms with van der Waals surface area (Å²) in [5.74, 6) is 0. The molecule has 0 saturated heterocycles. The summed E-state index contributed by atoms with van der Waals surface area (Å²) >= 11 is 0. The van der Waals surface area contributed by atoms with Gasteiger partial charge in [-0.1, -0.05) is 6.08 Å². The highest BCUT2D eigenvalue weighted by atomic mass is 28.4. The van der Waals surface area contributed by atoms with Gasteiger partial charge in [0.2, 0.25) is 0 Å². The van der Waals surface area contributed by atoms with Crippen molar-refractivity contribution in [2.75, 3.05) is 0 Å². The molecule has 1 aromatic carbocycles. The summed E-state index contributed by atoms with van der Waals surface area (Å²) in [6.45, 7) is 7.76. The lowest BCUT2D eigenvalue weighted by Crippen LogP contribution is -2.38. The minimum atomic E-state index is -1.84. The molecule has 1 atom stereocenters. The van der Waals surface area contributed by atoms with E-state index in [0.717, 1.165) is 5.56 Å². The van der Waals surface area contributed by atoms with Gasteiger partial charge in [-0.25, -0.2) is 0 Å². The van der Waals surface area contributed by atoms with Crippen molar-refractivity contribution in [1.82, 2.24) is 0 Å². The molecule has 106 valence electrons. The molecule has 0 amide bonds. The third-order valence-corrected chi connectivity index (χ3v) is 3.47. The van der Waals surface area contributed by atoms with Crippen molar-refractivity contribution in [2.24, 2.45) is 0 Å². The molecule has 0 bridgehead atoms. The fourth-order valence-corrected chi connectivity index (χ4v) is 3.08. The third-order valence-electron chi connectivity index (χ3n) is 2.44. The van der Waals surface area contributed by atoms with Gasteiger partial charge in [0.1, 0.15) is 6.07 Å². The van der Waals surface area contributed by atoms with Gasteiger partial charge in [-0.3, -0.25) is 10.1 Å². The molecule has 0 aliphatic heterocycles. The molecule has 0 aliphatic carbocycles. The molecule has 0 fully saturated rings. The molecule has 5 nitrogen and oxygen atoms in total. The summed E-state index contributed by atoms with van der Waals surface area (Å²) in [4.78, 5) is 10.1. The van der Waals surface area contributed by atoms with E-state index < -0.39 is 18.8 Å². The van der Waals surface area contributed by atoms with Crippen molar-refractivity contribution in [1.29, 1.82) is 5.26 Å². The minimum Gasteiger partial charge on any atom is -0.397 e. The summed E-state index contributed by atoms with van der Waals surface area (Å²) in [5, 5.41) is 19.8. The Morgan fingerprint density at radius 1 is 1.35 bits per heavy atom. The molecule has 0 unspecified atom stereocenters. The Hall–Kier alpha value is -1.97. The van der Waals surface area contributed by atoms with E-state index in [0.29, 0.717) is 0 Å². The van der Waals surface area contributed by atoms with Gasteiger partial charge < -0.3 is 4.43 Å². The Morgan fingerprint density at radius 2 is 1.90 bits per heavy atom. The molecule has 0 heterocycles. The van der Waals surface area contributed by atoms with E-state index in [1.165, 1.54) is 12.1 Å². The average Bonchev–Trinajstić information content (AvgIpc) is 2.35. The number of nitrogens with zero attached hydrogens (tertiary/aromatic N) is 2. The monoisotopic (exact) mass is 290 g/mol. The Morgan fingerprint density at radius 3 is 2.30 bits per heavy atom. The van der Waals surface area contributed by atoms with E-state index in [-0.39, 0.29) is 5.69 Å². The first kappa shape index (κ1) is 16.1. The van der Waals surface area contributed by atoms with Gasteiger partial charge in [-0.05, 0) is 50.3 Å². The van der Waals surface area contributed by atoms with Crippen LogP contribution in [0.5, 0.6) is 0 Å². The number of benzene rings is 1. The predicted molar refractivity (Wildman–Crippen MR) is 80.6 cm³/mol. The number of rotatable bonds is 5. The van der Waals surface area contributed by atoms with E-state index in [1.807, 2.05) is 19.6 Å². The smallest absolute Gasteiger partial charge is 0.269 e. The van der Waals surface area contributed by atoms with Crippen LogP contribution in [-0.2, 0) is 4.43 Å². The van der Waals surface area contributed by atoms with Crippen LogP contribution in [0.25, 0.3) is 6.08 Å². The van der Waals surface area contributed by atoms with Crippen LogP contribution in [-0.4, -0.2) is 18.8 Å². The van der Waals surface area contributed by atoms with Gasteiger partial charge in [0.05, 0.1) is 4.92 Å². The Balaban J connectivity index is 2.90. The number of hydrogen-bond acceptors (Lipinski definition) is 4. The van der Waals surface area contributed by atoms with Crippen LogP contribution in [0.15, 0.2) is 30.3 Å². The average molecular weight is 290 g/mol. The zero-order valence-corrected chi connectivity index (χ0v) is 13.1. The van der Waals surface area contributed by atoms with Gasteiger partial charge in [-0.2, -0.15) is 5.26 Å². The van der Waals surface area contributed by atoms with Crippen LogP contribution >= 0.6 is 0 Å². The highest BCUT2D eigenvalue weighted by molar-refractivity contribution is 6.69. The summed E-state index contributed by atoms with van der Waals surface area (Å²) in [6, 6.07) is 8.30. The first-order chi connectivity index (χ1) is 9.15. The van der Waals surface area contributed by atoms with Gasteiger partial charge in [0, 0.05) is 12.1 Å². The maximum absolute atomic E-state index is 10.6. The van der Waals surface area contributed by atoms with E-state index in [2.05, 4.69) is 6.07 Å². The molecule has 20 heavy (non-hydrogen) atoms. The second-order valence-corrected chi connectivity index (χ2v) is 10.0. The molecule has 0 aromatic heterocycles. The molecule has 6 heteroatoms. The van der Waals surface area contributed by atoms with E-state index in [1.54, 1.807) is 31.2 Å². The van der Waals surface area contributed by atoms with Crippen LogP contribution in [0.4, 0.5) is 5.69 Å². The first-order valence-corrected chi connectivity index (χ1v) is 9.61. The van der Waals surface area contributed by atoms with Crippen LogP contribution in [0.1, 0.15) is 12.5 Å². The van der Waals surface area contributed by atoms with Crippen LogP contribution < -0.4 is 0 Å². The lowest BCUT2D eigenvalue weighted by atomic mass is 10.1. The van der Waals surface area contributed by atoms with Gasteiger partial charge in [-0.15, -0.1) is 0 Å². The first-order valence-electron chi connectivity index (χ1n) is 6.20. The molecule has 0 N–H and O–H groups in total. The van der Waals surface area contributed by atoms with Crippen molar-refractivity contribution < 1.29 is 9.35 Å². The topological polar surface area (TPSA) is 76.2 Å². The minimum absolute atomic E-state index is 0.0449. The molecule has 0 aliphatic rings. The SMILES string of the molecule is C[C@@](C#N)(/C=C/c1ccc([N+](=O)[O-])cc1)O[Si](C)(C)C. The molecule has 0 saturated carbocycles. The summed E-state index contributed by atoms with van der Waals surface area (Å²) in [6.07, 6.45) is 3.43. The maximum atomic E-state index is 10.6. The molecule has 1 aromatic rings.